The summed E-state index contributed by atoms with van der Waals surface area (Å²) in [6.07, 6.45) is 2.73. The Bertz CT molecular complexity index is 1400. The molecule has 0 saturated carbocycles. The molecule has 230 valence electrons. The summed E-state index contributed by atoms with van der Waals surface area (Å²) in [5.74, 6) is -2.01. The van der Waals surface area contributed by atoms with Crippen LogP contribution in [0.1, 0.15) is 66.6 Å². The van der Waals surface area contributed by atoms with Gasteiger partial charge in [-0.2, -0.15) is 0 Å². The van der Waals surface area contributed by atoms with Crippen molar-refractivity contribution >= 4 is 23.7 Å². The quantitative estimate of drug-likeness (QED) is 0.306. The van der Waals surface area contributed by atoms with Crippen molar-refractivity contribution in [2.24, 2.45) is 11.7 Å². The number of nitrogens with zero attached hydrogens (tertiary/aromatic N) is 1. The molecule has 44 heavy (non-hydrogen) atoms. The van der Waals surface area contributed by atoms with E-state index in [4.69, 9.17) is 10.5 Å². The lowest BCUT2D eigenvalue weighted by molar-refractivity contribution is -0.144. The zero-order chi connectivity index (χ0) is 31.1. The van der Waals surface area contributed by atoms with Crippen molar-refractivity contribution in [1.29, 1.82) is 0 Å². The number of fused-ring (bicyclic) bond motifs is 1. The number of ether oxygens (including phenoxy) is 1. The van der Waals surface area contributed by atoms with Crippen molar-refractivity contribution in [1.82, 2.24) is 15.5 Å². The molecule has 3 aromatic carbocycles. The van der Waals surface area contributed by atoms with Gasteiger partial charge in [-0.15, -0.1) is 0 Å². The molecule has 0 spiro atoms. The van der Waals surface area contributed by atoms with Crippen LogP contribution in [0.3, 0.4) is 0 Å². The zero-order valence-electron chi connectivity index (χ0n) is 24.9. The second-order valence-electron chi connectivity index (χ2n) is 11.6. The summed E-state index contributed by atoms with van der Waals surface area (Å²) in [5, 5.41) is 6.07. The van der Waals surface area contributed by atoms with Gasteiger partial charge in [0, 0.05) is 12.0 Å². The molecule has 5 atom stereocenters. The van der Waals surface area contributed by atoms with Gasteiger partial charge in [-0.3, -0.25) is 14.4 Å². The molecule has 2 saturated heterocycles. The summed E-state index contributed by atoms with van der Waals surface area (Å²) in [5.41, 5.74) is 8.30. The lowest BCUT2D eigenvalue weighted by Crippen LogP contribution is -2.58. The maximum atomic E-state index is 14.3. The molecule has 9 heteroatoms. The van der Waals surface area contributed by atoms with Crippen LogP contribution in [0.15, 0.2) is 91.0 Å². The van der Waals surface area contributed by atoms with Gasteiger partial charge in [0.1, 0.15) is 12.1 Å². The molecule has 2 aliphatic rings. The molecule has 2 fully saturated rings. The van der Waals surface area contributed by atoms with E-state index in [9.17, 15) is 19.2 Å². The summed E-state index contributed by atoms with van der Waals surface area (Å²) in [6, 6.07) is 25.1. The average molecular weight is 597 g/mol. The molecule has 2 heterocycles. The van der Waals surface area contributed by atoms with E-state index in [1.807, 2.05) is 66.7 Å². The van der Waals surface area contributed by atoms with Crippen molar-refractivity contribution in [2.75, 3.05) is 6.61 Å². The van der Waals surface area contributed by atoms with Crippen LogP contribution in [-0.4, -0.2) is 59.4 Å². The number of nitrogens with one attached hydrogen (secondary N) is 2. The SMILES string of the molecule is CC[C@H](N)C(=O)NC1C(=O)N2C(CCC1COC(=O)c1ccccc1)CCC2C(=O)NC(c1ccccc1)c1ccccc1. The first-order chi connectivity index (χ1) is 21.4. The lowest BCUT2D eigenvalue weighted by Gasteiger charge is -2.33. The zero-order valence-corrected chi connectivity index (χ0v) is 24.9. The Morgan fingerprint density at radius 2 is 1.43 bits per heavy atom. The van der Waals surface area contributed by atoms with E-state index >= 15 is 0 Å². The van der Waals surface area contributed by atoms with E-state index < -0.39 is 42.0 Å². The predicted molar refractivity (Wildman–Crippen MR) is 166 cm³/mol. The minimum atomic E-state index is -0.985. The number of hydrogen-bond donors (Lipinski definition) is 3. The summed E-state index contributed by atoms with van der Waals surface area (Å²) in [4.78, 5) is 55.6. The number of nitrogens with two attached hydrogens (primary N) is 1. The number of rotatable bonds is 10. The summed E-state index contributed by atoms with van der Waals surface area (Å²) in [6.45, 7) is 1.75. The van der Waals surface area contributed by atoms with Crippen LogP contribution in [0, 0.1) is 5.92 Å². The van der Waals surface area contributed by atoms with E-state index in [0.717, 1.165) is 11.1 Å². The fraction of sp³-hybridized carbons (Fsp3) is 0.371. The summed E-state index contributed by atoms with van der Waals surface area (Å²) < 4.78 is 5.65. The van der Waals surface area contributed by atoms with Gasteiger partial charge in [-0.25, -0.2) is 4.79 Å². The second-order valence-corrected chi connectivity index (χ2v) is 11.6. The van der Waals surface area contributed by atoms with Gasteiger partial charge in [0.05, 0.1) is 24.3 Å². The number of hydrogen-bond acceptors (Lipinski definition) is 6. The van der Waals surface area contributed by atoms with Crippen molar-refractivity contribution in [2.45, 2.75) is 69.2 Å². The summed E-state index contributed by atoms with van der Waals surface area (Å²) in [7, 11) is 0. The third-order valence-corrected chi connectivity index (χ3v) is 8.73. The molecular formula is C35H40N4O5. The lowest BCUT2D eigenvalue weighted by atomic mass is 9.93. The first-order valence-corrected chi connectivity index (χ1v) is 15.4. The van der Waals surface area contributed by atoms with Crippen molar-refractivity contribution in [3.63, 3.8) is 0 Å². The fourth-order valence-electron chi connectivity index (χ4n) is 6.23. The molecule has 0 aromatic heterocycles. The number of carbonyl (C=O) groups excluding carboxylic acids is 4. The molecule has 2 aliphatic heterocycles. The van der Waals surface area contributed by atoms with Gasteiger partial charge >= 0.3 is 5.97 Å². The van der Waals surface area contributed by atoms with Gasteiger partial charge in [0.15, 0.2) is 0 Å². The molecule has 0 aliphatic carbocycles. The third kappa shape index (κ3) is 7.00. The molecule has 5 rings (SSSR count). The van der Waals surface area contributed by atoms with Crippen LogP contribution < -0.4 is 16.4 Å². The first kappa shape index (κ1) is 30.9. The van der Waals surface area contributed by atoms with Crippen LogP contribution in [0.2, 0.25) is 0 Å². The van der Waals surface area contributed by atoms with E-state index in [2.05, 4.69) is 10.6 Å². The number of amides is 3. The Kier molecular flexibility index (Phi) is 10.1. The molecule has 4 unspecified atom stereocenters. The van der Waals surface area contributed by atoms with E-state index in [-0.39, 0.29) is 24.5 Å². The monoisotopic (exact) mass is 596 g/mol. The van der Waals surface area contributed by atoms with Gasteiger partial charge in [-0.05, 0) is 55.4 Å². The Morgan fingerprint density at radius 1 is 0.864 bits per heavy atom. The van der Waals surface area contributed by atoms with Gasteiger partial charge < -0.3 is 26.0 Å². The van der Waals surface area contributed by atoms with Gasteiger partial charge in [0.2, 0.25) is 17.7 Å². The number of benzene rings is 3. The van der Waals surface area contributed by atoms with E-state index in [1.54, 1.807) is 36.1 Å². The van der Waals surface area contributed by atoms with Crippen LogP contribution in [0.4, 0.5) is 0 Å². The standard InChI is InChI=1S/C35H40N4O5/c1-2-28(36)32(40)38-31-26(22-44-35(43)25-16-10-5-11-17-25)18-19-27-20-21-29(39(27)34(31)42)33(41)37-30(23-12-6-3-7-13-23)24-14-8-4-9-15-24/h3-17,26-31H,2,18-22,36H2,1H3,(H,37,41)(H,38,40)/t26?,27?,28-,29?,31?/m0/s1. The minimum Gasteiger partial charge on any atom is -0.462 e. The molecule has 3 aromatic rings. The average Bonchev–Trinajstić information content (AvgIpc) is 3.45. The van der Waals surface area contributed by atoms with Crippen LogP contribution in [0.25, 0.3) is 0 Å². The smallest absolute Gasteiger partial charge is 0.338 e. The maximum Gasteiger partial charge on any atom is 0.338 e. The highest BCUT2D eigenvalue weighted by molar-refractivity contribution is 5.94. The largest absolute Gasteiger partial charge is 0.462 e. The number of carbonyl (C=O) groups is 4. The minimum absolute atomic E-state index is 0.0483. The maximum absolute atomic E-state index is 14.3. The topological polar surface area (TPSA) is 131 Å². The molecular weight excluding hydrogens is 556 g/mol. The Balaban J connectivity index is 1.37. The molecule has 4 N–H and O–H groups in total. The normalized spacial score (nSPS) is 22.1. The molecule has 0 bridgehead atoms. The van der Waals surface area contributed by atoms with E-state index in [0.29, 0.717) is 37.7 Å². The fourth-order valence-corrected chi connectivity index (χ4v) is 6.23. The molecule has 3 amide bonds. The Morgan fingerprint density at radius 3 is 2.02 bits per heavy atom. The summed E-state index contributed by atoms with van der Waals surface area (Å²) >= 11 is 0. The van der Waals surface area contributed by atoms with Crippen molar-refractivity contribution in [3.05, 3.63) is 108 Å². The number of esters is 1. The molecule has 9 nitrogen and oxygen atoms in total. The third-order valence-electron chi connectivity index (χ3n) is 8.73. The highest BCUT2D eigenvalue weighted by Crippen LogP contribution is 2.35. The Hall–Kier alpha value is -4.50. The van der Waals surface area contributed by atoms with Crippen LogP contribution in [-0.2, 0) is 19.1 Å². The molecule has 0 radical (unpaired) electrons. The van der Waals surface area contributed by atoms with Crippen molar-refractivity contribution < 1.29 is 23.9 Å². The van der Waals surface area contributed by atoms with Gasteiger partial charge in [0.25, 0.3) is 0 Å². The highest BCUT2D eigenvalue weighted by Gasteiger charge is 2.48. The van der Waals surface area contributed by atoms with Crippen LogP contribution in [0.5, 0.6) is 0 Å². The predicted octanol–water partition coefficient (Wildman–Crippen LogP) is 3.74. The van der Waals surface area contributed by atoms with Crippen molar-refractivity contribution in [3.8, 4) is 0 Å². The second kappa shape index (κ2) is 14.3. The Labute approximate surface area is 258 Å². The van der Waals surface area contributed by atoms with E-state index in [1.165, 1.54) is 0 Å². The highest BCUT2D eigenvalue weighted by atomic mass is 16.5. The first-order valence-electron chi connectivity index (χ1n) is 15.4. The van der Waals surface area contributed by atoms with Gasteiger partial charge in [-0.1, -0.05) is 85.8 Å². The van der Waals surface area contributed by atoms with Crippen LogP contribution >= 0.6 is 0 Å².